The molecule has 0 unspecified atom stereocenters. The molecular weight excluding hydrogens is 268 g/mol. The smallest absolute Gasteiger partial charge is 0.253 e. The van der Waals surface area contributed by atoms with E-state index in [1.807, 2.05) is 12.1 Å². The van der Waals surface area contributed by atoms with Crippen LogP contribution in [0, 0.1) is 5.41 Å². The molecule has 5 heteroatoms. The molecule has 5 nitrogen and oxygen atoms in total. The summed E-state index contributed by atoms with van der Waals surface area (Å²) in [7, 11) is 0. The second-order valence-electron chi connectivity index (χ2n) is 4.25. The van der Waals surface area contributed by atoms with Gasteiger partial charge in [-0.15, -0.1) is 0 Å². The molecule has 4 N–H and O–H groups in total. The number of aromatic hydroxyl groups is 1. The topological polar surface area (TPSA) is 100 Å². The third-order valence-electron chi connectivity index (χ3n) is 2.86. The molecule has 0 spiro atoms. The number of amides is 1. The number of hydrogen-bond donors (Lipinski definition) is 3. The maximum Gasteiger partial charge on any atom is 0.253 e. The highest BCUT2D eigenvalue weighted by Crippen LogP contribution is 2.26. The summed E-state index contributed by atoms with van der Waals surface area (Å²) in [5.41, 5.74) is 6.17. The van der Waals surface area contributed by atoms with Crippen molar-refractivity contribution in [1.82, 2.24) is 0 Å². The second kappa shape index (κ2) is 6.38. The molecule has 0 aliphatic carbocycles. The summed E-state index contributed by atoms with van der Waals surface area (Å²) < 4.78 is 4.65. The number of nitrogens with two attached hydrogens (primary N) is 1. The van der Waals surface area contributed by atoms with E-state index in [4.69, 9.17) is 11.1 Å². The summed E-state index contributed by atoms with van der Waals surface area (Å²) in [6, 6.07) is 12.2. The van der Waals surface area contributed by atoms with Crippen molar-refractivity contribution in [1.29, 1.82) is 5.41 Å². The standard InChI is InChI=1S/C11H9NO2.C5H5NO/c12-11(14)10-8-4-2-1-3-7(8)5-6-9(10)13;6-3-5-1-2-7-4-5/h1-6,13H,(H2,12,14);1-4,6H. The zero-order valence-electron chi connectivity index (χ0n) is 11.1. The van der Waals surface area contributed by atoms with E-state index in [2.05, 4.69) is 4.42 Å². The van der Waals surface area contributed by atoms with Crippen LogP contribution in [0.1, 0.15) is 15.9 Å². The number of nitrogens with one attached hydrogen (secondary N) is 1. The lowest BCUT2D eigenvalue weighted by atomic mass is 10.0. The minimum atomic E-state index is -0.612. The van der Waals surface area contributed by atoms with Crippen LogP contribution in [-0.2, 0) is 0 Å². The molecular formula is C16H14N2O3. The van der Waals surface area contributed by atoms with Gasteiger partial charge in [-0.05, 0) is 22.9 Å². The van der Waals surface area contributed by atoms with E-state index >= 15 is 0 Å². The lowest BCUT2D eigenvalue weighted by Crippen LogP contribution is -2.11. The number of primary amides is 1. The number of benzene rings is 2. The number of phenols is 1. The largest absolute Gasteiger partial charge is 0.507 e. The van der Waals surface area contributed by atoms with Gasteiger partial charge in [-0.3, -0.25) is 4.79 Å². The van der Waals surface area contributed by atoms with Crippen molar-refractivity contribution < 1.29 is 14.3 Å². The maximum atomic E-state index is 11.1. The van der Waals surface area contributed by atoms with Gasteiger partial charge in [0.15, 0.2) is 0 Å². The van der Waals surface area contributed by atoms with Crippen LogP contribution in [0.4, 0.5) is 0 Å². The molecule has 0 radical (unpaired) electrons. The van der Waals surface area contributed by atoms with E-state index in [1.165, 1.54) is 18.5 Å². The van der Waals surface area contributed by atoms with Gasteiger partial charge in [-0.25, -0.2) is 0 Å². The van der Waals surface area contributed by atoms with Crippen LogP contribution in [0.3, 0.4) is 0 Å². The Morgan fingerprint density at radius 1 is 1.19 bits per heavy atom. The molecule has 1 amide bonds. The fourth-order valence-electron chi connectivity index (χ4n) is 1.88. The van der Waals surface area contributed by atoms with Gasteiger partial charge in [-0.2, -0.15) is 0 Å². The number of rotatable bonds is 2. The predicted octanol–water partition coefficient (Wildman–Crippen LogP) is 2.92. The molecule has 2 aromatic carbocycles. The fraction of sp³-hybridized carbons (Fsp3) is 0. The molecule has 0 aliphatic heterocycles. The fourth-order valence-corrected chi connectivity index (χ4v) is 1.88. The van der Waals surface area contributed by atoms with E-state index in [9.17, 15) is 9.90 Å². The molecule has 0 fully saturated rings. The van der Waals surface area contributed by atoms with Gasteiger partial charge in [0.1, 0.15) is 5.75 Å². The quantitative estimate of drug-likeness (QED) is 0.630. The Kier molecular flexibility index (Phi) is 4.36. The van der Waals surface area contributed by atoms with E-state index in [1.54, 1.807) is 30.5 Å². The minimum Gasteiger partial charge on any atom is -0.507 e. The monoisotopic (exact) mass is 282 g/mol. The molecule has 1 aromatic heterocycles. The third-order valence-corrected chi connectivity index (χ3v) is 2.86. The predicted molar refractivity (Wildman–Crippen MR) is 80.7 cm³/mol. The normalized spacial score (nSPS) is 9.71. The van der Waals surface area contributed by atoms with Crippen molar-refractivity contribution in [3.8, 4) is 5.75 Å². The summed E-state index contributed by atoms with van der Waals surface area (Å²) in [4.78, 5) is 11.1. The van der Waals surface area contributed by atoms with Crippen molar-refractivity contribution in [2.24, 2.45) is 5.73 Å². The van der Waals surface area contributed by atoms with Crippen molar-refractivity contribution in [2.45, 2.75) is 0 Å². The Bertz CT molecular complexity index is 764. The molecule has 3 aromatic rings. The van der Waals surface area contributed by atoms with Crippen molar-refractivity contribution in [3.63, 3.8) is 0 Å². The van der Waals surface area contributed by atoms with Crippen LogP contribution in [0.5, 0.6) is 5.75 Å². The molecule has 0 bridgehead atoms. The van der Waals surface area contributed by atoms with Crippen molar-refractivity contribution in [3.05, 3.63) is 66.1 Å². The van der Waals surface area contributed by atoms with E-state index < -0.39 is 5.91 Å². The first-order valence-corrected chi connectivity index (χ1v) is 6.16. The van der Waals surface area contributed by atoms with Gasteiger partial charge in [0.2, 0.25) is 0 Å². The van der Waals surface area contributed by atoms with Crippen LogP contribution >= 0.6 is 0 Å². The molecule has 0 saturated carbocycles. The zero-order valence-corrected chi connectivity index (χ0v) is 11.1. The third kappa shape index (κ3) is 3.27. The van der Waals surface area contributed by atoms with Crippen molar-refractivity contribution in [2.75, 3.05) is 0 Å². The summed E-state index contributed by atoms with van der Waals surface area (Å²) in [5.74, 6) is -0.685. The highest BCUT2D eigenvalue weighted by atomic mass is 16.3. The Labute approximate surface area is 121 Å². The Hall–Kier alpha value is -3.08. The van der Waals surface area contributed by atoms with Gasteiger partial charge in [-0.1, -0.05) is 30.3 Å². The molecule has 0 saturated heterocycles. The van der Waals surface area contributed by atoms with Gasteiger partial charge < -0.3 is 20.7 Å². The highest BCUT2D eigenvalue weighted by molar-refractivity contribution is 6.08. The van der Waals surface area contributed by atoms with E-state index in [0.29, 0.717) is 5.39 Å². The highest BCUT2D eigenvalue weighted by Gasteiger charge is 2.10. The molecule has 0 atom stereocenters. The Morgan fingerprint density at radius 3 is 2.52 bits per heavy atom. The van der Waals surface area contributed by atoms with Gasteiger partial charge >= 0.3 is 0 Å². The average Bonchev–Trinajstić information content (AvgIpc) is 3.00. The van der Waals surface area contributed by atoms with E-state index in [0.717, 1.165) is 10.9 Å². The minimum absolute atomic E-state index is 0.0730. The first-order valence-electron chi connectivity index (χ1n) is 6.16. The maximum absolute atomic E-state index is 11.1. The molecule has 3 rings (SSSR count). The van der Waals surface area contributed by atoms with Gasteiger partial charge in [0.25, 0.3) is 5.91 Å². The summed E-state index contributed by atoms with van der Waals surface area (Å²) in [6.45, 7) is 0. The summed E-state index contributed by atoms with van der Waals surface area (Å²) in [6.07, 6.45) is 4.30. The second-order valence-corrected chi connectivity index (χ2v) is 4.25. The van der Waals surface area contributed by atoms with Crippen LogP contribution in [0.15, 0.2) is 59.4 Å². The SMILES string of the molecule is N=Cc1ccoc1.NC(=O)c1c(O)ccc2ccccc12. The number of hydrogen-bond acceptors (Lipinski definition) is 4. The molecule has 1 heterocycles. The molecule has 21 heavy (non-hydrogen) atoms. The van der Waals surface area contributed by atoms with Crippen molar-refractivity contribution >= 4 is 22.9 Å². The van der Waals surface area contributed by atoms with Crippen LogP contribution in [0.25, 0.3) is 10.8 Å². The van der Waals surface area contributed by atoms with E-state index in [-0.39, 0.29) is 11.3 Å². The van der Waals surface area contributed by atoms with Crippen LogP contribution in [-0.4, -0.2) is 17.2 Å². The first-order chi connectivity index (χ1) is 10.1. The van der Waals surface area contributed by atoms with Gasteiger partial charge in [0.05, 0.1) is 18.1 Å². The Balaban J connectivity index is 0.000000194. The van der Waals surface area contributed by atoms with Gasteiger partial charge in [0, 0.05) is 11.8 Å². The number of fused-ring (bicyclic) bond motifs is 1. The summed E-state index contributed by atoms with van der Waals surface area (Å²) >= 11 is 0. The number of carbonyl (C=O) groups is 1. The number of furan rings is 1. The van der Waals surface area contributed by atoms with Crippen LogP contribution in [0.2, 0.25) is 0 Å². The molecule has 106 valence electrons. The first kappa shape index (κ1) is 14.3. The lowest BCUT2D eigenvalue weighted by Gasteiger charge is -2.04. The lowest BCUT2D eigenvalue weighted by molar-refractivity contribution is 0.0999. The average molecular weight is 282 g/mol. The summed E-state index contributed by atoms with van der Waals surface area (Å²) in [5, 5.41) is 17.7. The number of carbonyl (C=O) groups excluding carboxylic acids is 1. The van der Waals surface area contributed by atoms with Crippen LogP contribution < -0.4 is 5.73 Å². The molecule has 0 aliphatic rings. The Morgan fingerprint density at radius 2 is 1.95 bits per heavy atom. The zero-order chi connectivity index (χ0) is 15.2.